The first-order valence-electron chi connectivity index (χ1n) is 7.20. The molecule has 0 aliphatic rings. The van der Waals surface area contributed by atoms with Crippen molar-refractivity contribution in [3.8, 4) is 0 Å². The van der Waals surface area contributed by atoms with Gasteiger partial charge < -0.3 is 10.6 Å². The second-order valence-electron chi connectivity index (χ2n) is 5.87. The van der Waals surface area contributed by atoms with E-state index in [-0.39, 0.29) is 11.3 Å². The molecule has 0 unspecified atom stereocenters. The van der Waals surface area contributed by atoms with Gasteiger partial charge in [-0.2, -0.15) is 0 Å². The third-order valence-corrected chi connectivity index (χ3v) is 3.19. The van der Waals surface area contributed by atoms with E-state index in [1.54, 1.807) is 6.08 Å². The number of hydrogen-bond acceptors (Lipinski definition) is 2. The van der Waals surface area contributed by atoms with Gasteiger partial charge in [0.1, 0.15) is 0 Å². The van der Waals surface area contributed by atoms with Crippen molar-refractivity contribution in [1.82, 2.24) is 4.90 Å². The van der Waals surface area contributed by atoms with E-state index in [4.69, 9.17) is 5.73 Å². The zero-order chi connectivity index (χ0) is 15.0. The molecule has 3 heteroatoms. The molecule has 0 bridgehead atoms. The molecule has 0 aliphatic carbocycles. The van der Waals surface area contributed by atoms with Crippen LogP contribution in [-0.2, 0) is 4.79 Å². The molecular weight excluding hydrogens is 248 g/mol. The van der Waals surface area contributed by atoms with Gasteiger partial charge in [-0.05, 0) is 30.0 Å². The molecule has 20 heavy (non-hydrogen) atoms. The smallest absolute Gasteiger partial charge is 0.246 e. The first-order valence-corrected chi connectivity index (χ1v) is 7.20. The van der Waals surface area contributed by atoms with E-state index in [9.17, 15) is 4.79 Å². The molecule has 0 atom stereocenters. The highest BCUT2D eigenvalue weighted by atomic mass is 16.2. The molecule has 0 radical (unpaired) electrons. The molecule has 1 aromatic rings. The molecule has 0 aliphatic heterocycles. The van der Waals surface area contributed by atoms with Crippen molar-refractivity contribution < 1.29 is 4.79 Å². The Kier molecular flexibility index (Phi) is 6.46. The molecule has 3 nitrogen and oxygen atoms in total. The summed E-state index contributed by atoms with van der Waals surface area (Å²) in [6.45, 7) is 8.28. The largest absolute Gasteiger partial charge is 0.339 e. The maximum absolute atomic E-state index is 12.3. The monoisotopic (exact) mass is 274 g/mol. The maximum Gasteiger partial charge on any atom is 0.246 e. The summed E-state index contributed by atoms with van der Waals surface area (Å²) in [4.78, 5) is 14.2. The molecule has 1 amide bonds. The summed E-state index contributed by atoms with van der Waals surface area (Å²) in [5.74, 6) is 0.0530. The third-order valence-electron chi connectivity index (χ3n) is 3.19. The Morgan fingerprint density at radius 3 is 2.50 bits per heavy atom. The van der Waals surface area contributed by atoms with E-state index >= 15 is 0 Å². The molecule has 0 spiro atoms. The number of hydrogen-bond donors (Lipinski definition) is 1. The summed E-state index contributed by atoms with van der Waals surface area (Å²) < 4.78 is 0. The number of nitrogens with two attached hydrogens (primary N) is 1. The molecule has 2 N–H and O–H groups in total. The Labute approximate surface area is 122 Å². The van der Waals surface area contributed by atoms with Crippen LogP contribution in [0.1, 0.15) is 32.8 Å². The van der Waals surface area contributed by atoms with Crippen LogP contribution in [0.4, 0.5) is 0 Å². The Hall–Kier alpha value is -1.61. The van der Waals surface area contributed by atoms with Gasteiger partial charge in [-0.25, -0.2) is 0 Å². The Morgan fingerprint density at radius 1 is 1.30 bits per heavy atom. The van der Waals surface area contributed by atoms with Crippen LogP contribution in [0.5, 0.6) is 0 Å². The molecule has 0 saturated heterocycles. The minimum absolute atomic E-state index is 0.0502. The molecule has 1 rings (SSSR count). The van der Waals surface area contributed by atoms with Gasteiger partial charge in [0.2, 0.25) is 5.91 Å². The summed E-state index contributed by atoms with van der Waals surface area (Å²) in [5.41, 5.74) is 6.75. The van der Waals surface area contributed by atoms with Crippen molar-refractivity contribution in [3.05, 3.63) is 42.0 Å². The average molecular weight is 274 g/mol. The lowest BCUT2D eigenvalue weighted by atomic mass is 9.93. The number of amides is 1. The van der Waals surface area contributed by atoms with Crippen molar-refractivity contribution in [2.24, 2.45) is 11.1 Å². The van der Waals surface area contributed by atoms with Gasteiger partial charge in [0.05, 0.1) is 0 Å². The zero-order valence-corrected chi connectivity index (χ0v) is 12.8. The second kappa shape index (κ2) is 7.85. The lowest BCUT2D eigenvalue weighted by Gasteiger charge is -2.31. The number of benzene rings is 1. The van der Waals surface area contributed by atoms with Crippen molar-refractivity contribution in [2.75, 3.05) is 19.6 Å². The normalized spacial score (nSPS) is 11.8. The van der Waals surface area contributed by atoms with Crippen molar-refractivity contribution in [1.29, 1.82) is 0 Å². The molecule has 0 aromatic heterocycles. The van der Waals surface area contributed by atoms with Crippen molar-refractivity contribution in [2.45, 2.75) is 27.2 Å². The van der Waals surface area contributed by atoms with E-state index in [1.807, 2.05) is 41.3 Å². The van der Waals surface area contributed by atoms with E-state index in [2.05, 4.69) is 20.8 Å². The quantitative estimate of drug-likeness (QED) is 0.777. The first-order chi connectivity index (χ1) is 9.48. The summed E-state index contributed by atoms with van der Waals surface area (Å²) in [6, 6.07) is 9.86. The molecule has 0 heterocycles. The fraction of sp³-hybridized carbons (Fsp3) is 0.471. The zero-order valence-electron chi connectivity index (χ0n) is 12.8. The highest BCUT2D eigenvalue weighted by Crippen LogP contribution is 2.15. The van der Waals surface area contributed by atoms with Crippen LogP contribution in [0.25, 0.3) is 6.08 Å². The Bertz CT molecular complexity index is 438. The molecular formula is C17H26N2O. The number of carbonyl (C=O) groups excluding carboxylic acids is 1. The molecule has 0 saturated carbocycles. The van der Waals surface area contributed by atoms with Crippen LogP contribution < -0.4 is 5.73 Å². The van der Waals surface area contributed by atoms with Crippen LogP contribution in [-0.4, -0.2) is 30.4 Å². The minimum atomic E-state index is -0.0502. The van der Waals surface area contributed by atoms with Crippen LogP contribution in [0, 0.1) is 5.41 Å². The predicted molar refractivity (Wildman–Crippen MR) is 85.2 cm³/mol. The van der Waals surface area contributed by atoms with Crippen molar-refractivity contribution in [3.63, 3.8) is 0 Å². The number of nitrogens with zero attached hydrogens (tertiary/aromatic N) is 1. The number of rotatable bonds is 7. The van der Waals surface area contributed by atoms with Gasteiger partial charge in [-0.15, -0.1) is 0 Å². The van der Waals surface area contributed by atoms with Crippen LogP contribution in [0.3, 0.4) is 0 Å². The SMILES string of the molecule is CCCN(CC(C)(C)CN)C(=O)C=Cc1ccccc1. The molecule has 0 fully saturated rings. The Morgan fingerprint density at radius 2 is 1.95 bits per heavy atom. The first kappa shape index (κ1) is 16.4. The van der Waals surface area contributed by atoms with Crippen molar-refractivity contribution >= 4 is 12.0 Å². The fourth-order valence-electron chi connectivity index (χ4n) is 1.96. The lowest BCUT2D eigenvalue weighted by Crippen LogP contribution is -2.41. The van der Waals surface area contributed by atoms with Gasteiger partial charge in [-0.1, -0.05) is 51.1 Å². The lowest BCUT2D eigenvalue weighted by molar-refractivity contribution is -0.127. The standard InChI is InChI=1S/C17H26N2O/c1-4-12-19(14-17(2,3)13-18)16(20)11-10-15-8-6-5-7-9-15/h5-11H,4,12-14,18H2,1-3H3. The fourth-order valence-corrected chi connectivity index (χ4v) is 1.96. The van der Waals surface area contributed by atoms with Crippen LogP contribution >= 0.6 is 0 Å². The summed E-state index contributed by atoms with van der Waals surface area (Å²) in [7, 11) is 0. The van der Waals surface area contributed by atoms with E-state index in [0.717, 1.165) is 18.5 Å². The highest BCUT2D eigenvalue weighted by molar-refractivity contribution is 5.91. The van der Waals surface area contributed by atoms with Crippen LogP contribution in [0.2, 0.25) is 0 Å². The maximum atomic E-state index is 12.3. The predicted octanol–water partition coefficient (Wildman–Crippen LogP) is 2.92. The molecule has 1 aromatic carbocycles. The Balaban J connectivity index is 2.71. The number of carbonyl (C=O) groups is 1. The van der Waals surface area contributed by atoms with E-state index in [1.165, 1.54) is 0 Å². The van der Waals surface area contributed by atoms with E-state index in [0.29, 0.717) is 13.1 Å². The van der Waals surface area contributed by atoms with Gasteiger partial charge in [0.25, 0.3) is 0 Å². The van der Waals surface area contributed by atoms with Crippen LogP contribution in [0.15, 0.2) is 36.4 Å². The highest BCUT2D eigenvalue weighted by Gasteiger charge is 2.21. The third kappa shape index (κ3) is 5.57. The second-order valence-corrected chi connectivity index (χ2v) is 5.87. The van der Waals surface area contributed by atoms with E-state index < -0.39 is 0 Å². The average Bonchev–Trinajstić information content (AvgIpc) is 2.45. The topological polar surface area (TPSA) is 46.3 Å². The van der Waals surface area contributed by atoms with Gasteiger partial charge >= 0.3 is 0 Å². The van der Waals surface area contributed by atoms with Gasteiger partial charge in [0.15, 0.2) is 0 Å². The molecule has 110 valence electrons. The minimum Gasteiger partial charge on any atom is -0.339 e. The summed E-state index contributed by atoms with van der Waals surface area (Å²) in [5, 5.41) is 0. The summed E-state index contributed by atoms with van der Waals surface area (Å²) >= 11 is 0. The van der Waals surface area contributed by atoms with Gasteiger partial charge in [-0.3, -0.25) is 4.79 Å². The van der Waals surface area contributed by atoms with Gasteiger partial charge in [0, 0.05) is 19.2 Å². The summed E-state index contributed by atoms with van der Waals surface area (Å²) in [6.07, 6.45) is 4.46.